The number of carbonyl (C=O) groups is 1. The van der Waals surface area contributed by atoms with Crippen LogP contribution in [-0.2, 0) is 22.4 Å². The number of nitrogens with zero attached hydrogens (tertiary/aromatic N) is 2. The van der Waals surface area contributed by atoms with Gasteiger partial charge in [-0.05, 0) is 25.8 Å². The molecule has 0 radical (unpaired) electrons. The lowest BCUT2D eigenvalue weighted by Gasteiger charge is -2.02. The van der Waals surface area contributed by atoms with Crippen LogP contribution in [0, 0.1) is 13.8 Å². The number of aromatic nitrogens is 2. The van der Waals surface area contributed by atoms with Crippen LogP contribution in [0.4, 0.5) is 5.13 Å². The predicted molar refractivity (Wildman–Crippen MR) is 101 cm³/mol. The predicted octanol–water partition coefficient (Wildman–Crippen LogP) is 3.79. The molecule has 0 bridgehead atoms. The van der Waals surface area contributed by atoms with Gasteiger partial charge < -0.3 is 14.6 Å². The lowest BCUT2D eigenvalue weighted by molar-refractivity contribution is -0.115. The van der Waals surface area contributed by atoms with E-state index < -0.39 is 0 Å². The fraction of sp³-hybridized carbons (Fsp3) is 0.316. The molecule has 26 heavy (non-hydrogen) atoms. The van der Waals surface area contributed by atoms with E-state index in [-0.39, 0.29) is 12.3 Å². The largest absolute Gasteiger partial charge is 0.384 e. The van der Waals surface area contributed by atoms with Gasteiger partial charge in [-0.25, -0.2) is 4.98 Å². The number of anilines is 1. The van der Waals surface area contributed by atoms with Gasteiger partial charge in [0.2, 0.25) is 5.91 Å². The van der Waals surface area contributed by atoms with Gasteiger partial charge >= 0.3 is 0 Å². The van der Waals surface area contributed by atoms with E-state index in [1.807, 2.05) is 24.4 Å². The number of ether oxygens (including phenoxy) is 1. The Bertz CT molecular complexity index is 864. The summed E-state index contributed by atoms with van der Waals surface area (Å²) in [5.74, 6) is 0.543. The second-order valence-electron chi connectivity index (χ2n) is 6.01. The van der Waals surface area contributed by atoms with Gasteiger partial charge in [-0.15, -0.1) is 11.3 Å². The summed E-state index contributed by atoms with van der Waals surface area (Å²) in [6.45, 7) is 4.34. The Hall–Kier alpha value is -2.51. The van der Waals surface area contributed by atoms with E-state index in [0.717, 1.165) is 28.9 Å². The molecule has 0 spiro atoms. The monoisotopic (exact) mass is 371 g/mol. The number of aryl methyl sites for hydroxylation is 2. The van der Waals surface area contributed by atoms with E-state index in [2.05, 4.69) is 27.6 Å². The number of thiazole rings is 1. The number of amides is 1. The number of hydrogen-bond acceptors (Lipinski definition) is 6. The number of benzene rings is 1. The molecule has 1 aromatic carbocycles. The Kier molecular flexibility index (Phi) is 5.80. The summed E-state index contributed by atoms with van der Waals surface area (Å²) in [5.41, 5.74) is 4.66. The quantitative estimate of drug-likeness (QED) is 0.684. The first kappa shape index (κ1) is 18.3. The number of nitrogens with one attached hydrogen (secondary N) is 1. The van der Waals surface area contributed by atoms with Gasteiger partial charge in [0.25, 0.3) is 0 Å². The van der Waals surface area contributed by atoms with Crippen LogP contribution in [0.5, 0.6) is 0 Å². The van der Waals surface area contributed by atoms with Crippen molar-refractivity contribution in [1.82, 2.24) is 10.1 Å². The molecule has 3 rings (SSSR count). The van der Waals surface area contributed by atoms with Gasteiger partial charge in [0, 0.05) is 23.6 Å². The van der Waals surface area contributed by atoms with Crippen molar-refractivity contribution in [1.29, 1.82) is 0 Å². The Morgan fingerprint density at radius 3 is 2.69 bits per heavy atom. The topological polar surface area (TPSA) is 77.2 Å². The van der Waals surface area contributed by atoms with Crippen molar-refractivity contribution in [3.8, 4) is 11.3 Å². The van der Waals surface area contributed by atoms with Gasteiger partial charge in [-0.2, -0.15) is 0 Å². The van der Waals surface area contributed by atoms with Crippen molar-refractivity contribution >= 4 is 22.4 Å². The Morgan fingerprint density at radius 2 is 2.04 bits per heavy atom. The Morgan fingerprint density at radius 1 is 1.27 bits per heavy atom. The molecule has 0 aliphatic rings. The molecular weight excluding hydrogens is 350 g/mol. The molecule has 2 heterocycles. The molecule has 1 amide bonds. The average Bonchev–Trinajstić information content (AvgIpc) is 3.22. The van der Waals surface area contributed by atoms with Gasteiger partial charge in [0.15, 0.2) is 5.13 Å². The number of rotatable bonds is 7. The fourth-order valence-electron chi connectivity index (χ4n) is 2.60. The maximum Gasteiger partial charge on any atom is 0.230 e. The van der Waals surface area contributed by atoms with Crippen LogP contribution < -0.4 is 5.32 Å². The molecule has 0 saturated heterocycles. The standard InChI is InChI=1S/C19H21N3O3S/c1-12-16(13(2)25-22-12)10-18(23)21-19-20-17(11-26-19)15-6-4-14(5-7-15)8-9-24-3/h4-7,11H,8-10H2,1-3H3,(H,20,21,23). The summed E-state index contributed by atoms with van der Waals surface area (Å²) in [7, 11) is 1.70. The molecule has 0 fully saturated rings. The number of methoxy groups -OCH3 is 1. The van der Waals surface area contributed by atoms with Crippen LogP contribution >= 0.6 is 11.3 Å². The van der Waals surface area contributed by atoms with E-state index in [4.69, 9.17) is 9.26 Å². The summed E-state index contributed by atoms with van der Waals surface area (Å²) >= 11 is 1.41. The molecule has 7 heteroatoms. The molecule has 0 saturated carbocycles. The minimum absolute atomic E-state index is 0.129. The average molecular weight is 371 g/mol. The zero-order valence-corrected chi connectivity index (χ0v) is 15.9. The second kappa shape index (κ2) is 8.25. The third kappa shape index (κ3) is 4.36. The van der Waals surface area contributed by atoms with Gasteiger partial charge in [-0.3, -0.25) is 4.79 Å². The lowest BCUT2D eigenvalue weighted by Crippen LogP contribution is -2.15. The van der Waals surface area contributed by atoms with E-state index >= 15 is 0 Å². The van der Waals surface area contributed by atoms with E-state index in [1.165, 1.54) is 16.9 Å². The Balaban J connectivity index is 1.63. The van der Waals surface area contributed by atoms with Crippen molar-refractivity contribution < 1.29 is 14.1 Å². The molecule has 3 aromatic rings. The molecule has 0 atom stereocenters. The normalized spacial score (nSPS) is 10.9. The molecular formula is C19H21N3O3S. The number of carbonyl (C=O) groups excluding carboxylic acids is 1. The number of hydrogen-bond donors (Lipinski definition) is 1. The minimum Gasteiger partial charge on any atom is -0.384 e. The van der Waals surface area contributed by atoms with Crippen LogP contribution in [0.25, 0.3) is 11.3 Å². The zero-order chi connectivity index (χ0) is 18.5. The summed E-state index contributed by atoms with van der Waals surface area (Å²) in [6.07, 6.45) is 1.11. The summed E-state index contributed by atoms with van der Waals surface area (Å²) in [5, 5.41) is 9.24. The third-order valence-corrected chi connectivity index (χ3v) is 4.87. The van der Waals surface area contributed by atoms with Crippen LogP contribution in [0.15, 0.2) is 34.2 Å². The summed E-state index contributed by atoms with van der Waals surface area (Å²) in [6, 6.07) is 8.22. The van der Waals surface area contributed by atoms with Crippen molar-refractivity contribution in [2.75, 3.05) is 19.0 Å². The van der Waals surface area contributed by atoms with Crippen LogP contribution in [0.2, 0.25) is 0 Å². The van der Waals surface area contributed by atoms with Crippen LogP contribution in [0.1, 0.15) is 22.6 Å². The van der Waals surface area contributed by atoms with Gasteiger partial charge in [-0.1, -0.05) is 29.4 Å². The highest BCUT2D eigenvalue weighted by Gasteiger charge is 2.15. The van der Waals surface area contributed by atoms with Gasteiger partial charge in [0.05, 0.1) is 24.4 Å². The Labute approximate surface area is 156 Å². The summed E-state index contributed by atoms with van der Waals surface area (Å²) in [4.78, 5) is 16.8. The minimum atomic E-state index is -0.129. The lowest BCUT2D eigenvalue weighted by atomic mass is 10.1. The van der Waals surface area contributed by atoms with Crippen LogP contribution in [-0.4, -0.2) is 29.8 Å². The van der Waals surface area contributed by atoms with Crippen molar-refractivity contribution in [2.24, 2.45) is 0 Å². The third-order valence-electron chi connectivity index (χ3n) is 4.11. The molecule has 6 nitrogen and oxygen atoms in total. The fourth-order valence-corrected chi connectivity index (χ4v) is 3.34. The molecule has 0 aliphatic heterocycles. The molecule has 0 unspecified atom stereocenters. The highest BCUT2D eigenvalue weighted by atomic mass is 32.1. The van der Waals surface area contributed by atoms with Crippen molar-refractivity contribution in [3.63, 3.8) is 0 Å². The highest BCUT2D eigenvalue weighted by molar-refractivity contribution is 7.14. The van der Waals surface area contributed by atoms with Crippen LogP contribution in [0.3, 0.4) is 0 Å². The first-order chi connectivity index (χ1) is 12.6. The first-order valence-electron chi connectivity index (χ1n) is 8.32. The van der Waals surface area contributed by atoms with Crippen molar-refractivity contribution in [3.05, 3.63) is 52.2 Å². The summed E-state index contributed by atoms with van der Waals surface area (Å²) < 4.78 is 10.2. The van der Waals surface area contributed by atoms with E-state index in [1.54, 1.807) is 14.0 Å². The smallest absolute Gasteiger partial charge is 0.230 e. The molecule has 0 aliphatic carbocycles. The van der Waals surface area contributed by atoms with E-state index in [9.17, 15) is 4.79 Å². The molecule has 2 aromatic heterocycles. The maximum absolute atomic E-state index is 12.2. The molecule has 136 valence electrons. The second-order valence-corrected chi connectivity index (χ2v) is 6.86. The SMILES string of the molecule is COCCc1ccc(-c2csc(NC(=O)Cc3c(C)noc3C)n2)cc1. The highest BCUT2D eigenvalue weighted by Crippen LogP contribution is 2.25. The zero-order valence-electron chi connectivity index (χ0n) is 15.0. The van der Waals surface area contributed by atoms with Crippen molar-refractivity contribution in [2.45, 2.75) is 26.7 Å². The maximum atomic E-state index is 12.2. The van der Waals surface area contributed by atoms with Gasteiger partial charge in [0.1, 0.15) is 5.76 Å². The molecule has 1 N–H and O–H groups in total. The van der Waals surface area contributed by atoms with E-state index in [0.29, 0.717) is 17.5 Å². The first-order valence-corrected chi connectivity index (χ1v) is 9.20.